The van der Waals surface area contributed by atoms with Gasteiger partial charge in [-0.1, -0.05) is 6.07 Å². The van der Waals surface area contributed by atoms with E-state index in [4.69, 9.17) is 9.15 Å². The van der Waals surface area contributed by atoms with Crippen molar-refractivity contribution in [2.75, 3.05) is 5.32 Å². The average molecular weight is 393 g/mol. The number of aromatic nitrogens is 2. The molecule has 0 unspecified atom stereocenters. The normalized spacial score (nSPS) is 14.8. The van der Waals surface area contributed by atoms with Gasteiger partial charge in [-0.2, -0.15) is 0 Å². The number of nitrogens with zero attached hydrogens (tertiary/aromatic N) is 2. The van der Waals surface area contributed by atoms with Crippen LogP contribution in [0.4, 0.5) is 20.9 Å². The SMILES string of the molecule is CC1(C)OC(=O)n2c(-c3cnc(Nc4cccc(O)c4)o3)cc3cc(F)cc1c32. The number of anilines is 2. The summed E-state index contributed by atoms with van der Waals surface area (Å²) in [5.41, 5.74) is 1.21. The smallest absolute Gasteiger partial charge is 0.419 e. The molecule has 2 aromatic heterocycles. The highest BCUT2D eigenvalue weighted by atomic mass is 19.1. The minimum absolute atomic E-state index is 0.101. The summed E-state index contributed by atoms with van der Waals surface area (Å²) in [6.07, 6.45) is 0.893. The molecule has 8 heteroatoms. The molecule has 146 valence electrons. The van der Waals surface area contributed by atoms with Crippen LogP contribution in [0.2, 0.25) is 0 Å². The first kappa shape index (κ1) is 17.3. The molecule has 1 aliphatic heterocycles. The Morgan fingerprint density at radius 3 is 2.83 bits per heavy atom. The van der Waals surface area contributed by atoms with Crippen LogP contribution in [0.15, 0.2) is 53.1 Å². The second kappa shape index (κ2) is 5.84. The monoisotopic (exact) mass is 393 g/mol. The van der Waals surface area contributed by atoms with Crippen molar-refractivity contribution < 1.29 is 23.4 Å². The average Bonchev–Trinajstić information content (AvgIpc) is 3.24. The Labute approximate surface area is 164 Å². The van der Waals surface area contributed by atoms with Crippen LogP contribution in [-0.4, -0.2) is 20.8 Å². The number of ether oxygens (including phenoxy) is 1. The number of aromatic hydroxyl groups is 1. The van der Waals surface area contributed by atoms with Crippen molar-refractivity contribution in [3.05, 3.63) is 60.0 Å². The van der Waals surface area contributed by atoms with Crippen LogP contribution in [0.3, 0.4) is 0 Å². The van der Waals surface area contributed by atoms with Gasteiger partial charge in [-0.3, -0.25) is 0 Å². The number of oxazole rings is 1. The molecule has 0 bridgehead atoms. The van der Waals surface area contributed by atoms with E-state index in [1.165, 1.54) is 29.0 Å². The van der Waals surface area contributed by atoms with Crippen molar-refractivity contribution in [1.82, 2.24) is 9.55 Å². The predicted octanol–water partition coefficient (Wildman–Crippen LogP) is 5.12. The maximum Gasteiger partial charge on any atom is 0.419 e. The van der Waals surface area contributed by atoms with Crippen LogP contribution >= 0.6 is 0 Å². The highest BCUT2D eigenvalue weighted by Crippen LogP contribution is 2.41. The van der Waals surface area contributed by atoms with Crippen molar-refractivity contribution in [1.29, 1.82) is 0 Å². The molecule has 0 saturated carbocycles. The third-order valence-electron chi connectivity index (χ3n) is 4.89. The van der Waals surface area contributed by atoms with Gasteiger partial charge in [0.2, 0.25) is 0 Å². The summed E-state index contributed by atoms with van der Waals surface area (Å²) in [5.74, 6) is 0.00173. The lowest BCUT2D eigenvalue weighted by molar-refractivity contribution is 0.0331. The lowest BCUT2D eigenvalue weighted by Gasteiger charge is -2.31. The highest BCUT2D eigenvalue weighted by molar-refractivity contribution is 5.99. The third-order valence-corrected chi connectivity index (χ3v) is 4.89. The molecule has 7 nitrogen and oxygen atoms in total. The van der Waals surface area contributed by atoms with Gasteiger partial charge in [0.05, 0.1) is 17.4 Å². The zero-order chi connectivity index (χ0) is 20.3. The first-order valence-electron chi connectivity index (χ1n) is 8.93. The van der Waals surface area contributed by atoms with Gasteiger partial charge in [-0.25, -0.2) is 18.7 Å². The molecule has 1 aliphatic rings. The number of hydrogen-bond acceptors (Lipinski definition) is 6. The highest BCUT2D eigenvalue weighted by Gasteiger charge is 2.37. The Morgan fingerprint density at radius 1 is 1.21 bits per heavy atom. The van der Waals surface area contributed by atoms with Crippen molar-refractivity contribution >= 4 is 28.7 Å². The molecule has 0 fully saturated rings. The van der Waals surface area contributed by atoms with Gasteiger partial charge < -0.3 is 19.6 Å². The summed E-state index contributed by atoms with van der Waals surface area (Å²) in [5, 5.41) is 13.1. The molecule has 0 atom stereocenters. The third kappa shape index (κ3) is 2.72. The summed E-state index contributed by atoms with van der Waals surface area (Å²) in [7, 11) is 0. The Hall–Kier alpha value is -3.81. The summed E-state index contributed by atoms with van der Waals surface area (Å²) < 4.78 is 26.8. The number of rotatable bonds is 3. The van der Waals surface area contributed by atoms with Crippen LogP contribution in [-0.2, 0) is 10.3 Å². The van der Waals surface area contributed by atoms with E-state index in [0.717, 1.165) is 0 Å². The topological polar surface area (TPSA) is 89.5 Å². The van der Waals surface area contributed by atoms with E-state index < -0.39 is 17.5 Å². The maximum atomic E-state index is 14.2. The summed E-state index contributed by atoms with van der Waals surface area (Å²) in [6.45, 7) is 3.45. The zero-order valence-electron chi connectivity index (χ0n) is 15.6. The van der Waals surface area contributed by atoms with E-state index in [2.05, 4.69) is 10.3 Å². The second-order valence-electron chi connectivity index (χ2n) is 7.34. The Morgan fingerprint density at radius 2 is 2.03 bits per heavy atom. The number of carbonyl (C=O) groups is 1. The largest absolute Gasteiger partial charge is 0.508 e. The van der Waals surface area contributed by atoms with Gasteiger partial charge in [0.25, 0.3) is 6.01 Å². The van der Waals surface area contributed by atoms with Crippen LogP contribution in [0.5, 0.6) is 5.75 Å². The molecule has 4 aromatic rings. The van der Waals surface area contributed by atoms with Crippen molar-refractivity contribution in [2.24, 2.45) is 0 Å². The summed E-state index contributed by atoms with van der Waals surface area (Å²) >= 11 is 0. The van der Waals surface area contributed by atoms with E-state index in [1.807, 2.05) is 0 Å². The lowest BCUT2D eigenvalue weighted by Crippen LogP contribution is -2.34. The molecule has 0 spiro atoms. The molecule has 0 amide bonds. The number of cyclic esters (lactones) is 1. The number of phenolic OH excluding ortho intramolecular Hbond substituents is 1. The van der Waals surface area contributed by atoms with Crippen molar-refractivity contribution in [3.63, 3.8) is 0 Å². The molecule has 5 rings (SSSR count). The van der Waals surface area contributed by atoms with Gasteiger partial charge in [-0.05, 0) is 44.2 Å². The summed E-state index contributed by atoms with van der Waals surface area (Å²) in [4.78, 5) is 16.9. The fourth-order valence-electron chi connectivity index (χ4n) is 3.62. The van der Waals surface area contributed by atoms with Gasteiger partial charge in [0.1, 0.15) is 17.2 Å². The van der Waals surface area contributed by atoms with E-state index in [-0.39, 0.29) is 11.8 Å². The summed E-state index contributed by atoms with van der Waals surface area (Å²) in [6, 6.07) is 11.1. The van der Waals surface area contributed by atoms with Crippen LogP contribution in [0, 0.1) is 5.82 Å². The number of hydrogen-bond donors (Lipinski definition) is 2. The lowest BCUT2D eigenvalue weighted by atomic mass is 9.95. The first-order valence-corrected chi connectivity index (χ1v) is 8.93. The predicted molar refractivity (Wildman–Crippen MR) is 104 cm³/mol. The number of carbonyl (C=O) groups excluding carboxylic acids is 1. The molecule has 0 radical (unpaired) electrons. The maximum absolute atomic E-state index is 14.2. The fourth-order valence-corrected chi connectivity index (χ4v) is 3.62. The van der Waals surface area contributed by atoms with Crippen molar-refractivity contribution in [3.8, 4) is 17.2 Å². The van der Waals surface area contributed by atoms with Gasteiger partial charge in [0.15, 0.2) is 5.76 Å². The van der Waals surface area contributed by atoms with Crippen LogP contribution < -0.4 is 5.32 Å². The molecule has 0 aliphatic carbocycles. The van der Waals surface area contributed by atoms with E-state index in [9.17, 15) is 14.3 Å². The van der Waals surface area contributed by atoms with Crippen LogP contribution in [0.1, 0.15) is 19.4 Å². The number of phenols is 1. The fraction of sp³-hybridized carbons (Fsp3) is 0.143. The minimum atomic E-state index is -0.952. The van der Waals surface area contributed by atoms with Crippen molar-refractivity contribution in [2.45, 2.75) is 19.4 Å². The van der Waals surface area contributed by atoms with E-state index in [0.29, 0.717) is 33.6 Å². The minimum Gasteiger partial charge on any atom is -0.508 e. The first-order chi connectivity index (χ1) is 13.8. The van der Waals surface area contributed by atoms with Gasteiger partial charge >= 0.3 is 6.09 Å². The standard InChI is InChI=1S/C21H16FN3O4/c1-21(2)15-8-12(22)6-11-7-16(25(18(11)15)20(27)29-21)17-10-23-19(28-17)24-13-4-3-5-14(26)9-13/h3-10,26H,1-2H3,(H,23,24). The quantitative estimate of drug-likeness (QED) is 0.502. The molecule has 29 heavy (non-hydrogen) atoms. The number of nitrogens with one attached hydrogen (secondary N) is 1. The molecule has 3 heterocycles. The Bertz CT molecular complexity index is 1290. The van der Waals surface area contributed by atoms with Crippen LogP contribution in [0.25, 0.3) is 22.4 Å². The van der Waals surface area contributed by atoms with E-state index in [1.54, 1.807) is 38.1 Å². The molecular weight excluding hydrogens is 377 g/mol. The number of benzene rings is 2. The second-order valence-corrected chi connectivity index (χ2v) is 7.34. The number of halogens is 1. The molecular formula is C21H16FN3O4. The Balaban J connectivity index is 1.62. The molecule has 2 aromatic carbocycles. The van der Waals surface area contributed by atoms with Gasteiger partial charge in [-0.15, -0.1) is 0 Å². The Kier molecular flexibility index (Phi) is 3.48. The van der Waals surface area contributed by atoms with E-state index >= 15 is 0 Å². The molecule has 2 N–H and O–H groups in total. The molecule has 0 saturated heterocycles. The van der Waals surface area contributed by atoms with Gasteiger partial charge in [0, 0.05) is 22.7 Å². The zero-order valence-corrected chi connectivity index (χ0v) is 15.6.